The summed E-state index contributed by atoms with van der Waals surface area (Å²) in [6, 6.07) is 14.8. The van der Waals surface area contributed by atoms with E-state index in [-0.39, 0.29) is 0 Å². The van der Waals surface area contributed by atoms with Gasteiger partial charge in [0.15, 0.2) is 5.06 Å². The highest BCUT2D eigenvalue weighted by atomic mass is 32.1. The fourth-order valence-corrected chi connectivity index (χ4v) is 2.56. The lowest BCUT2D eigenvalue weighted by Crippen LogP contribution is -1.93. The molecule has 2 aromatic rings. The van der Waals surface area contributed by atoms with E-state index in [1.54, 1.807) is 11.3 Å². The number of rotatable bonds is 6. The van der Waals surface area contributed by atoms with E-state index < -0.39 is 0 Å². The Morgan fingerprint density at radius 2 is 1.88 bits per heavy atom. The molecule has 1 aromatic heterocycles. The van der Waals surface area contributed by atoms with Gasteiger partial charge in [-0.25, -0.2) is 0 Å². The maximum Gasteiger partial charge on any atom is 0.173 e. The van der Waals surface area contributed by atoms with Crippen LogP contribution in [0.2, 0.25) is 0 Å². The summed E-state index contributed by atoms with van der Waals surface area (Å²) in [5.74, 6) is 0. The molecule has 1 heterocycles. The minimum atomic E-state index is 0.835. The van der Waals surface area contributed by atoms with E-state index >= 15 is 0 Å². The van der Waals surface area contributed by atoms with E-state index in [1.165, 1.54) is 16.9 Å². The van der Waals surface area contributed by atoms with Gasteiger partial charge in [0.05, 0.1) is 6.61 Å². The fourth-order valence-electron chi connectivity index (χ4n) is 1.64. The molecule has 0 amide bonds. The molecule has 1 aromatic carbocycles. The van der Waals surface area contributed by atoms with E-state index in [1.807, 2.05) is 0 Å². The van der Waals surface area contributed by atoms with Crippen LogP contribution in [0.1, 0.15) is 30.2 Å². The molecule has 2 heteroatoms. The number of hydrogen-bond donors (Lipinski definition) is 0. The summed E-state index contributed by atoms with van der Waals surface area (Å²) in [6.45, 7) is 3.01. The Morgan fingerprint density at radius 1 is 1.06 bits per heavy atom. The Hall–Kier alpha value is -1.28. The van der Waals surface area contributed by atoms with Crippen LogP contribution in [0.4, 0.5) is 0 Å². The predicted molar refractivity (Wildman–Crippen MR) is 74.0 cm³/mol. The van der Waals surface area contributed by atoms with Crippen LogP contribution in [0.25, 0.3) is 0 Å². The summed E-state index contributed by atoms with van der Waals surface area (Å²) in [4.78, 5) is 1.36. The van der Waals surface area contributed by atoms with Gasteiger partial charge in [-0.05, 0) is 24.1 Å². The van der Waals surface area contributed by atoms with Crippen LogP contribution in [-0.2, 0) is 6.42 Å². The Kier molecular flexibility index (Phi) is 4.63. The second-order valence-corrected chi connectivity index (χ2v) is 5.22. The summed E-state index contributed by atoms with van der Waals surface area (Å²) in [5, 5.41) is 1.05. The molecule has 0 aliphatic heterocycles. The minimum Gasteiger partial charge on any atom is -0.484 e. The van der Waals surface area contributed by atoms with Crippen molar-refractivity contribution in [2.45, 2.75) is 26.2 Å². The van der Waals surface area contributed by atoms with Crippen LogP contribution >= 0.6 is 11.3 Å². The Morgan fingerprint density at radius 3 is 2.65 bits per heavy atom. The summed E-state index contributed by atoms with van der Waals surface area (Å²) >= 11 is 1.76. The van der Waals surface area contributed by atoms with Gasteiger partial charge >= 0.3 is 0 Å². The number of hydrogen-bond acceptors (Lipinski definition) is 2. The zero-order valence-corrected chi connectivity index (χ0v) is 11.0. The summed E-state index contributed by atoms with van der Waals surface area (Å²) < 4.78 is 5.68. The smallest absolute Gasteiger partial charge is 0.173 e. The molecule has 0 atom stereocenters. The van der Waals surface area contributed by atoms with Crippen molar-refractivity contribution in [2.24, 2.45) is 0 Å². The second-order valence-electron chi connectivity index (χ2n) is 4.09. The van der Waals surface area contributed by atoms with E-state index in [4.69, 9.17) is 4.74 Å². The topological polar surface area (TPSA) is 9.23 Å². The molecule has 0 spiro atoms. The van der Waals surface area contributed by atoms with Gasteiger partial charge in [0.2, 0.25) is 0 Å². The van der Waals surface area contributed by atoms with E-state index in [0.717, 1.165) is 24.5 Å². The molecule has 17 heavy (non-hydrogen) atoms. The van der Waals surface area contributed by atoms with Crippen molar-refractivity contribution in [3.05, 3.63) is 52.9 Å². The highest BCUT2D eigenvalue weighted by Crippen LogP contribution is 2.26. The first-order valence-corrected chi connectivity index (χ1v) is 6.95. The van der Waals surface area contributed by atoms with Gasteiger partial charge in [-0.1, -0.05) is 43.7 Å². The SMILES string of the molecule is CCCCOc1ccc(Cc2ccccc2)s1. The molecule has 0 aliphatic carbocycles. The lowest BCUT2D eigenvalue weighted by Gasteiger charge is -2.00. The Balaban J connectivity index is 1.90. The summed E-state index contributed by atoms with van der Waals surface area (Å²) in [6.07, 6.45) is 3.32. The van der Waals surface area contributed by atoms with Gasteiger partial charge in [0, 0.05) is 11.3 Å². The van der Waals surface area contributed by atoms with Gasteiger partial charge in [-0.2, -0.15) is 0 Å². The number of benzene rings is 1. The quantitative estimate of drug-likeness (QED) is 0.681. The molecule has 0 radical (unpaired) electrons. The minimum absolute atomic E-state index is 0.835. The highest BCUT2D eigenvalue weighted by Gasteiger charge is 2.01. The van der Waals surface area contributed by atoms with Crippen LogP contribution in [0.3, 0.4) is 0 Å². The van der Waals surface area contributed by atoms with Crippen molar-refractivity contribution in [3.63, 3.8) is 0 Å². The summed E-state index contributed by atoms with van der Waals surface area (Å²) in [5.41, 5.74) is 1.36. The second kappa shape index (κ2) is 6.45. The third-order valence-electron chi connectivity index (χ3n) is 2.60. The molecule has 0 N–H and O–H groups in total. The molecular formula is C15H18OS. The van der Waals surface area contributed by atoms with Gasteiger partial charge in [-0.3, -0.25) is 0 Å². The molecule has 0 bridgehead atoms. The molecule has 0 saturated carbocycles. The van der Waals surface area contributed by atoms with Gasteiger partial charge < -0.3 is 4.74 Å². The van der Waals surface area contributed by atoms with Crippen molar-refractivity contribution in [3.8, 4) is 5.06 Å². The Bertz CT molecular complexity index is 433. The standard InChI is InChI=1S/C15H18OS/c1-2-3-11-16-15-10-9-14(17-15)12-13-7-5-4-6-8-13/h4-10H,2-3,11-12H2,1H3. The average Bonchev–Trinajstić information content (AvgIpc) is 2.79. The van der Waals surface area contributed by atoms with Crippen molar-refractivity contribution in [2.75, 3.05) is 6.61 Å². The zero-order valence-electron chi connectivity index (χ0n) is 10.2. The van der Waals surface area contributed by atoms with Crippen LogP contribution in [-0.4, -0.2) is 6.61 Å². The molecule has 0 saturated heterocycles. The molecule has 1 nitrogen and oxygen atoms in total. The molecule has 0 fully saturated rings. The van der Waals surface area contributed by atoms with Gasteiger partial charge in [0.1, 0.15) is 0 Å². The molecular weight excluding hydrogens is 228 g/mol. The van der Waals surface area contributed by atoms with Gasteiger partial charge in [-0.15, -0.1) is 11.3 Å². The van der Waals surface area contributed by atoms with Crippen LogP contribution in [0.5, 0.6) is 5.06 Å². The molecule has 0 unspecified atom stereocenters. The monoisotopic (exact) mass is 246 g/mol. The van der Waals surface area contributed by atoms with Crippen LogP contribution < -0.4 is 4.74 Å². The largest absolute Gasteiger partial charge is 0.484 e. The van der Waals surface area contributed by atoms with Crippen molar-refractivity contribution in [1.82, 2.24) is 0 Å². The summed E-state index contributed by atoms with van der Waals surface area (Å²) in [7, 11) is 0. The lowest BCUT2D eigenvalue weighted by atomic mass is 10.1. The third kappa shape index (κ3) is 3.90. The molecule has 90 valence electrons. The van der Waals surface area contributed by atoms with Crippen molar-refractivity contribution >= 4 is 11.3 Å². The van der Waals surface area contributed by atoms with Crippen molar-refractivity contribution < 1.29 is 4.74 Å². The van der Waals surface area contributed by atoms with Crippen LogP contribution in [0, 0.1) is 0 Å². The van der Waals surface area contributed by atoms with E-state index in [0.29, 0.717) is 0 Å². The number of ether oxygens (including phenoxy) is 1. The van der Waals surface area contributed by atoms with Gasteiger partial charge in [0.25, 0.3) is 0 Å². The first kappa shape index (κ1) is 12.2. The lowest BCUT2D eigenvalue weighted by molar-refractivity contribution is 0.318. The third-order valence-corrected chi connectivity index (χ3v) is 3.60. The zero-order chi connectivity index (χ0) is 11.9. The molecule has 2 rings (SSSR count). The normalized spacial score (nSPS) is 10.4. The highest BCUT2D eigenvalue weighted by molar-refractivity contribution is 7.13. The predicted octanol–water partition coefficient (Wildman–Crippen LogP) is 4.52. The first-order valence-electron chi connectivity index (χ1n) is 6.14. The van der Waals surface area contributed by atoms with Crippen molar-refractivity contribution in [1.29, 1.82) is 0 Å². The number of thiophene rings is 1. The maximum absolute atomic E-state index is 5.68. The molecule has 0 aliphatic rings. The van der Waals surface area contributed by atoms with Crippen LogP contribution in [0.15, 0.2) is 42.5 Å². The Labute approximate surface area is 107 Å². The number of unbranched alkanes of at least 4 members (excludes halogenated alkanes) is 1. The van der Waals surface area contributed by atoms with E-state index in [9.17, 15) is 0 Å². The first-order chi connectivity index (χ1) is 8.38. The average molecular weight is 246 g/mol. The maximum atomic E-state index is 5.68. The van der Waals surface area contributed by atoms with E-state index in [2.05, 4.69) is 49.4 Å². The fraction of sp³-hybridized carbons (Fsp3) is 0.333.